The van der Waals surface area contributed by atoms with E-state index < -0.39 is 0 Å². The van der Waals surface area contributed by atoms with Gasteiger partial charge in [0.05, 0.1) is 19.8 Å². The van der Waals surface area contributed by atoms with Crippen LogP contribution >= 0.6 is 11.5 Å². The van der Waals surface area contributed by atoms with Gasteiger partial charge in [0, 0.05) is 17.6 Å². The number of rotatable bonds is 3. The highest BCUT2D eigenvalue weighted by Gasteiger charge is 2.18. The standard InChI is InChI=1S/C7H12N2O2S/c1-4(8)5-6(10-2)9-12-7(5)11-3/h4H,8H2,1-3H3. The smallest absolute Gasteiger partial charge is 0.233 e. The second-order valence-corrected chi connectivity index (χ2v) is 3.12. The van der Waals surface area contributed by atoms with E-state index in [1.54, 1.807) is 14.2 Å². The van der Waals surface area contributed by atoms with Crippen molar-refractivity contribution in [2.75, 3.05) is 14.2 Å². The second kappa shape index (κ2) is 3.73. The molecule has 0 aliphatic carbocycles. The first-order valence-corrected chi connectivity index (χ1v) is 4.31. The molecule has 0 aliphatic rings. The monoisotopic (exact) mass is 188 g/mol. The molecule has 1 unspecified atom stereocenters. The Morgan fingerprint density at radius 1 is 1.42 bits per heavy atom. The van der Waals surface area contributed by atoms with Crippen LogP contribution in [0.25, 0.3) is 0 Å². The van der Waals surface area contributed by atoms with Gasteiger partial charge in [0.15, 0.2) is 0 Å². The molecule has 5 heteroatoms. The zero-order chi connectivity index (χ0) is 9.14. The molecule has 1 atom stereocenters. The highest BCUT2D eigenvalue weighted by atomic mass is 32.1. The summed E-state index contributed by atoms with van der Waals surface area (Å²) < 4.78 is 14.2. The number of methoxy groups -OCH3 is 2. The van der Waals surface area contributed by atoms with Crippen molar-refractivity contribution < 1.29 is 9.47 Å². The fourth-order valence-electron chi connectivity index (χ4n) is 0.944. The molecule has 1 aromatic rings. The summed E-state index contributed by atoms with van der Waals surface area (Å²) in [6.07, 6.45) is 0. The van der Waals surface area contributed by atoms with Crippen LogP contribution in [0.1, 0.15) is 18.5 Å². The number of aromatic nitrogens is 1. The van der Waals surface area contributed by atoms with Gasteiger partial charge in [-0.3, -0.25) is 0 Å². The molecular formula is C7H12N2O2S. The van der Waals surface area contributed by atoms with Gasteiger partial charge in [0.2, 0.25) is 10.9 Å². The Labute approximate surface area is 75.5 Å². The van der Waals surface area contributed by atoms with Crippen LogP contribution in [0, 0.1) is 0 Å². The maximum Gasteiger partial charge on any atom is 0.233 e. The predicted octanol–water partition coefficient (Wildman–Crippen LogP) is 1.18. The molecule has 68 valence electrons. The maximum atomic E-state index is 5.72. The third-order valence-corrected chi connectivity index (χ3v) is 2.31. The molecule has 0 saturated heterocycles. The Bertz CT molecular complexity index is 238. The Hall–Kier alpha value is -0.810. The lowest BCUT2D eigenvalue weighted by Gasteiger charge is -2.06. The van der Waals surface area contributed by atoms with Crippen LogP contribution in [0.3, 0.4) is 0 Å². The molecule has 0 amide bonds. The molecule has 1 heterocycles. The average Bonchev–Trinajstić information content (AvgIpc) is 2.46. The highest BCUT2D eigenvalue weighted by molar-refractivity contribution is 7.08. The quantitative estimate of drug-likeness (QED) is 0.773. The molecule has 0 bridgehead atoms. The molecule has 0 fully saturated rings. The molecule has 12 heavy (non-hydrogen) atoms. The fraction of sp³-hybridized carbons (Fsp3) is 0.571. The fourth-order valence-corrected chi connectivity index (χ4v) is 1.73. The van der Waals surface area contributed by atoms with Crippen molar-refractivity contribution in [3.8, 4) is 10.9 Å². The third kappa shape index (κ3) is 1.51. The first-order valence-electron chi connectivity index (χ1n) is 3.53. The van der Waals surface area contributed by atoms with Gasteiger partial charge >= 0.3 is 0 Å². The molecule has 1 rings (SSSR count). The van der Waals surface area contributed by atoms with Crippen molar-refractivity contribution in [2.45, 2.75) is 13.0 Å². The normalized spacial score (nSPS) is 12.7. The number of hydrogen-bond acceptors (Lipinski definition) is 5. The van der Waals surface area contributed by atoms with E-state index in [1.165, 1.54) is 11.5 Å². The van der Waals surface area contributed by atoms with Crippen molar-refractivity contribution in [3.05, 3.63) is 5.56 Å². The van der Waals surface area contributed by atoms with E-state index in [-0.39, 0.29) is 6.04 Å². The third-order valence-electron chi connectivity index (χ3n) is 1.50. The molecule has 1 aromatic heterocycles. The summed E-state index contributed by atoms with van der Waals surface area (Å²) in [5, 5.41) is 0.724. The number of ether oxygens (including phenoxy) is 2. The number of hydrogen-bond donors (Lipinski definition) is 1. The van der Waals surface area contributed by atoms with Crippen LogP contribution in [0.4, 0.5) is 0 Å². The molecule has 0 saturated carbocycles. The van der Waals surface area contributed by atoms with Crippen LogP contribution in [-0.4, -0.2) is 18.6 Å². The summed E-state index contributed by atoms with van der Waals surface area (Å²) in [6, 6.07) is -0.117. The van der Waals surface area contributed by atoms with Gasteiger partial charge in [0.1, 0.15) is 0 Å². The van der Waals surface area contributed by atoms with Crippen LogP contribution < -0.4 is 15.2 Å². The predicted molar refractivity (Wildman–Crippen MR) is 47.8 cm³/mol. The summed E-state index contributed by atoms with van der Waals surface area (Å²) in [5.41, 5.74) is 6.56. The van der Waals surface area contributed by atoms with Crippen molar-refractivity contribution in [1.82, 2.24) is 4.37 Å². The van der Waals surface area contributed by atoms with Gasteiger partial charge in [-0.2, -0.15) is 4.37 Å². The van der Waals surface area contributed by atoms with Crippen LogP contribution in [0.15, 0.2) is 0 Å². The van der Waals surface area contributed by atoms with E-state index in [0.29, 0.717) is 5.88 Å². The number of nitrogens with zero attached hydrogens (tertiary/aromatic N) is 1. The lowest BCUT2D eigenvalue weighted by atomic mass is 10.2. The summed E-state index contributed by atoms with van der Waals surface area (Å²) >= 11 is 1.25. The average molecular weight is 188 g/mol. The topological polar surface area (TPSA) is 57.4 Å². The van der Waals surface area contributed by atoms with Crippen molar-refractivity contribution in [2.24, 2.45) is 5.73 Å². The van der Waals surface area contributed by atoms with Crippen molar-refractivity contribution in [1.29, 1.82) is 0 Å². The van der Waals surface area contributed by atoms with Gasteiger partial charge in [-0.1, -0.05) is 0 Å². The molecule has 0 aromatic carbocycles. The first kappa shape index (κ1) is 9.28. The highest BCUT2D eigenvalue weighted by Crippen LogP contribution is 2.35. The summed E-state index contributed by atoms with van der Waals surface area (Å²) in [7, 11) is 3.17. The van der Waals surface area contributed by atoms with Crippen LogP contribution in [0.2, 0.25) is 0 Å². The number of nitrogens with two attached hydrogens (primary N) is 1. The summed E-state index contributed by atoms with van der Waals surface area (Å²) in [4.78, 5) is 0. The zero-order valence-electron chi connectivity index (χ0n) is 7.33. The van der Waals surface area contributed by atoms with Crippen molar-refractivity contribution >= 4 is 11.5 Å². The van der Waals surface area contributed by atoms with E-state index in [0.717, 1.165) is 10.6 Å². The first-order chi connectivity index (χ1) is 5.70. The molecule has 0 aliphatic heterocycles. The molecule has 0 spiro atoms. The Kier molecular flexibility index (Phi) is 2.88. The van der Waals surface area contributed by atoms with Gasteiger partial charge in [-0.05, 0) is 6.92 Å². The molecule has 0 radical (unpaired) electrons. The van der Waals surface area contributed by atoms with Crippen LogP contribution in [-0.2, 0) is 0 Å². The van der Waals surface area contributed by atoms with Gasteiger partial charge in [-0.15, -0.1) is 0 Å². The van der Waals surface area contributed by atoms with Gasteiger partial charge in [-0.25, -0.2) is 0 Å². The van der Waals surface area contributed by atoms with Crippen LogP contribution in [0.5, 0.6) is 10.9 Å². The van der Waals surface area contributed by atoms with E-state index in [4.69, 9.17) is 15.2 Å². The lowest BCUT2D eigenvalue weighted by molar-refractivity contribution is 0.383. The van der Waals surface area contributed by atoms with Crippen molar-refractivity contribution in [3.63, 3.8) is 0 Å². The minimum atomic E-state index is -0.117. The molecule has 2 N–H and O–H groups in total. The van der Waals surface area contributed by atoms with E-state index in [9.17, 15) is 0 Å². The van der Waals surface area contributed by atoms with E-state index >= 15 is 0 Å². The SMILES string of the molecule is COc1nsc(OC)c1C(C)N. The minimum Gasteiger partial charge on any atom is -0.486 e. The molecular weight excluding hydrogens is 176 g/mol. The minimum absolute atomic E-state index is 0.117. The molecule has 4 nitrogen and oxygen atoms in total. The Balaban J connectivity index is 3.07. The lowest BCUT2D eigenvalue weighted by Crippen LogP contribution is -2.06. The van der Waals surface area contributed by atoms with Gasteiger partial charge in [0.25, 0.3) is 0 Å². The summed E-state index contributed by atoms with van der Waals surface area (Å²) in [6.45, 7) is 1.87. The largest absolute Gasteiger partial charge is 0.486 e. The zero-order valence-corrected chi connectivity index (χ0v) is 8.14. The maximum absolute atomic E-state index is 5.72. The van der Waals surface area contributed by atoms with E-state index in [1.807, 2.05) is 6.92 Å². The Morgan fingerprint density at radius 2 is 2.08 bits per heavy atom. The van der Waals surface area contributed by atoms with E-state index in [2.05, 4.69) is 4.37 Å². The second-order valence-electron chi connectivity index (χ2n) is 2.39. The van der Waals surface area contributed by atoms with Gasteiger partial charge < -0.3 is 15.2 Å². The summed E-state index contributed by atoms with van der Waals surface area (Å²) in [5.74, 6) is 0.562. The Morgan fingerprint density at radius 3 is 2.50 bits per heavy atom.